The van der Waals surface area contributed by atoms with E-state index in [1.54, 1.807) is 13.1 Å². The lowest BCUT2D eigenvalue weighted by molar-refractivity contribution is 0.0438. The van der Waals surface area contributed by atoms with Gasteiger partial charge < -0.3 is 9.15 Å². The van der Waals surface area contributed by atoms with Gasteiger partial charge in [-0.2, -0.15) is 4.31 Å². The minimum atomic E-state index is -3.70. The molecule has 32 heavy (non-hydrogen) atoms. The van der Waals surface area contributed by atoms with Crippen molar-refractivity contribution in [3.8, 4) is 11.5 Å². The Morgan fingerprint density at radius 1 is 1.06 bits per heavy atom. The molecule has 0 radical (unpaired) electrons. The molecule has 0 unspecified atom stereocenters. The third-order valence-electron chi connectivity index (χ3n) is 5.65. The van der Waals surface area contributed by atoms with Crippen LogP contribution in [0.5, 0.6) is 0 Å². The molecular weight excluding hydrogens is 430 g/mol. The van der Waals surface area contributed by atoms with Crippen LogP contribution in [0.25, 0.3) is 11.5 Å². The summed E-state index contributed by atoms with van der Waals surface area (Å²) in [5, 5.41) is 7.85. The summed E-state index contributed by atoms with van der Waals surface area (Å²) < 4.78 is 38.4. The number of ether oxygens (including phenoxy) is 1. The molecule has 9 heteroatoms. The van der Waals surface area contributed by atoms with Gasteiger partial charge in [0.25, 0.3) is 5.89 Å². The van der Waals surface area contributed by atoms with Gasteiger partial charge in [-0.3, -0.25) is 0 Å². The SMILES string of the molecule is CN(C1CCCCC1)S(=O)(=O)c1cccc(C(=O)OCc2nnc(-c3ccccc3)o2)c1. The normalized spacial score (nSPS) is 15.1. The van der Waals surface area contributed by atoms with Crippen LogP contribution in [0.1, 0.15) is 48.4 Å². The average molecular weight is 456 g/mol. The van der Waals surface area contributed by atoms with Crippen molar-refractivity contribution in [2.24, 2.45) is 0 Å². The Morgan fingerprint density at radius 2 is 1.81 bits per heavy atom. The predicted octanol–water partition coefficient (Wildman–Crippen LogP) is 4.05. The molecule has 2 aromatic carbocycles. The molecule has 1 saturated carbocycles. The molecule has 0 spiro atoms. The molecule has 0 saturated heterocycles. The van der Waals surface area contributed by atoms with Crippen LogP contribution in [0.2, 0.25) is 0 Å². The molecular formula is C23H25N3O5S. The van der Waals surface area contributed by atoms with E-state index in [0.29, 0.717) is 5.89 Å². The molecule has 0 atom stereocenters. The molecule has 4 rings (SSSR count). The maximum atomic E-state index is 13.1. The van der Waals surface area contributed by atoms with Crippen LogP contribution in [-0.2, 0) is 21.4 Å². The fraction of sp³-hybridized carbons (Fsp3) is 0.348. The number of carbonyl (C=O) groups excluding carboxylic acids is 1. The lowest BCUT2D eigenvalue weighted by Crippen LogP contribution is -2.38. The summed E-state index contributed by atoms with van der Waals surface area (Å²) in [6.07, 6.45) is 4.90. The second-order valence-corrected chi connectivity index (χ2v) is 9.78. The first-order chi connectivity index (χ1) is 15.4. The van der Waals surface area contributed by atoms with E-state index in [1.165, 1.54) is 22.5 Å². The highest BCUT2D eigenvalue weighted by molar-refractivity contribution is 7.89. The minimum Gasteiger partial charge on any atom is -0.452 e. The van der Waals surface area contributed by atoms with E-state index in [9.17, 15) is 13.2 Å². The van der Waals surface area contributed by atoms with Gasteiger partial charge in [0, 0.05) is 18.7 Å². The van der Waals surface area contributed by atoms with Gasteiger partial charge in [0.05, 0.1) is 10.5 Å². The second-order valence-electron chi connectivity index (χ2n) is 7.78. The molecule has 1 aliphatic rings. The van der Waals surface area contributed by atoms with Crippen LogP contribution in [0.15, 0.2) is 63.9 Å². The smallest absolute Gasteiger partial charge is 0.338 e. The van der Waals surface area contributed by atoms with Crippen LogP contribution in [0, 0.1) is 0 Å². The molecule has 1 fully saturated rings. The fourth-order valence-electron chi connectivity index (χ4n) is 3.81. The Labute approximate surface area is 187 Å². The number of aromatic nitrogens is 2. The van der Waals surface area contributed by atoms with Crippen molar-refractivity contribution in [2.75, 3.05) is 7.05 Å². The zero-order chi connectivity index (χ0) is 22.6. The van der Waals surface area contributed by atoms with E-state index in [-0.39, 0.29) is 29.0 Å². The largest absolute Gasteiger partial charge is 0.452 e. The summed E-state index contributed by atoms with van der Waals surface area (Å²) in [5.74, 6) is -0.185. The second kappa shape index (κ2) is 9.62. The number of carbonyl (C=O) groups is 1. The summed E-state index contributed by atoms with van der Waals surface area (Å²) in [5.41, 5.74) is 0.906. The molecule has 3 aromatic rings. The zero-order valence-electron chi connectivity index (χ0n) is 17.8. The number of hydrogen-bond donors (Lipinski definition) is 0. The topological polar surface area (TPSA) is 103 Å². The van der Waals surface area contributed by atoms with Crippen LogP contribution in [0.4, 0.5) is 0 Å². The number of rotatable bonds is 7. The number of esters is 1. The Balaban J connectivity index is 1.43. The molecule has 1 aliphatic carbocycles. The maximum absolute atomic E-state index is 13.1. The van der Waals surface area contributed by atoms with Gasteiger partial charge in [0.2, 0.25) is 15.9 Å². The number of benzene rings is 2. The number of sulfonamides is 1. The van der Waals surface area contributed by atoms with Crippen molar-refractivity contribution in [2.45, 2.75) is 49.6 Å². The summed E-state index contributed by atoms with van der Waals surface area (Å²) in [6.45, 7) is -0.211. The number of nitrogens with zero attached hydrogens (tertiary/aromatic N) is 3. The number of hydrogen-bond acceptors (Lipinski definition) is 7. The van der Waals surface area contributed by atoms with Gasteiger partial charge in [0.1, 0.15) is 0 Å². The first-order valence-electron chi connectivity index (χ1n) is 10.6. The third kappa shape index (κ3) is 4.89. The van der Waals surface area contributed by atoms with Crippen molar-refractivity contribution < 1.29 is 22.4 Å². The Kier molecular flexibility index (Phi) is 6.66. The first kappa shape index (κ1) is 22.2. The van der Waals surface area contributed by atoms with Crippen molar-refractivity contribution in [1.29, 1.82) is 0 Å². The Hall–Kier alpha value is -3.04. The van der Waals surface area contributed by atoms with E-state index >= 15 is 0 Å². The zero-order valence-corrected chi connectivity index (χ0v) is 18.6. The maximum Gasteiger partial charge on any atom is 0.338 e. The van der Waals surface area contributed by atoms with Gasteiger partial charge >= 0.3 is 5.97 Å². The quantitative estimate of drug-likeness (QED) is 0.495. The standard InChI is InChI=1S/C23H25N3O5S/c1-26(19-12-6-3-7-13-19)32(28,29)20-14-8-11-18(15-20)23(27)30-16-21-24-25-22(31-21)17-9-4-2-5-10-17/h2,4-5,8-11,14-15,19H,3,6-7,12-13,16H2,1H3. The van der Waals surface area contributed by atoms with Crippen molar-refractivity contribution in [1.82, 2.24) is 14.5 Å². The highest BCUT2D eigenvalue weighted by Crippen LogP contribution is 2.27. The van der Waals surface area contributed by atoms with Crippen molar-refractivity contribution in [3.63, 3.8) is 0 Å². The van der Waals surface area contributed by atoms with Gasteiger partial charge in [-0.15, -0.1) is 10.2 Å². The molecule has 0 N–H and O–H groups in total. The molecule has 0 amide bonds. The molecule has 168 valence electrons. The highest BCUT2D eigenvalue weighted by Gasteiger charge is 2.29. The van der Waals surface area contributed by atoms with Gasteiger partial charge in [-0.25, -0.2) is 13.2 Å². The highest BCUT2D eigenvalue weighted by atomic mass is 32.2. The van der Waals surface area contributed by atoms with Crippen LogP contribution < -0.4 is 0 Å². The average Bonchev–Trinajstić information content (AvgIpc) is 3.32. The van der Waals surface area contributed by atoms with E-state index in [4.69, 9.17) is 9.15 Å². The third-order valence-corrected chi connectivity index (χ3v) is 7.56. The first-order valence-corrected chi connectivity index (χ1v) is 12.0. The summed E-state index contributed by atoms with van der Waals surface area (Å²) >= 11 is 0. The van der Waals surface area contributed by atoms with Gasteiger partial charge in [-0.1, -0.05) is 43.5 Å². The molecule has 8 nitrogen and oxygen atoms in total. The van der Waals surface area contributed by atoms with E-state index in [1.807, 2.05) is 30.3 Å². The minimum absolute atomic E-state index is 0.0132. The lowest BCUT2D eigenvalue weighted by Gasteiger charge is -2.30. The Bertz CT molecular complexity index is 1170. The molecule has 1 aromatic heterocycles. The molecule has 0 aliphatic heterocycles. The molecule has 1 heterocycles. The van der Waals surface area contributed by atoms with Crippen molar-refractivity contribution >= 4 is 16.0 Å². The Morgan fingerprint density at radius 3 is 2.56 bits per heavy atom. The summed E-state index contributed by atoms with van der Waals surface area (Å²) in [6, 6.07) is 15.1. The van der Waals surface area contributed by atoms with Gasteiger partial charge in [0.15, 0.2) is 6.61 Å². The fourth-order valence-corrected chi connectivity index (χ4v) is 5.27. The summed E-state index contributed by atoms with van der Waals surface area (Å²) in [7, 11) is -2.10. The predicted molar refractivity (Wildman–Crippen MR) is 117 cm³/mol. The van der Waals surface area contributed by atoms with Gasteiger partial charge in [-0.05, 0) is 43.2 Å². The monoisotopic (exact) mass is 455 g/mol. The van der Waals surface area contributed by atoms with E-state index in [0.717, 1.165) is 37.7 Å². The molecule has 0 bridgehead atoms. The van der Waals surface area contributed by atoms with Crippen LogP contribution in [0.3, 0.4) is 0 Å². The summed E-state index contributed by atoms with van der Waals surface area (Å²) in [4.78, 5) is 12.6. The van der Waals surface area contributed by atoms with E-state index in [2.05, 4.69) is 10.2 Å². The van der Waals surface area contributed by atoms with E-state index < -0.39 is 16.0 Å². The van der Waals surface area contributed by atoms with Crippen molar-refractivity contribution in [3.05, 3.63) is 66.1 Å². The lowest BCUT2D eigenvalue weighted by atomic mass is 9.96. The van der Waals surface area contributed by atoms with Crippen LogP contribution in [-0.4, -0.2) is 42.0 Å². The van der Waals surface area contributed by atoms with Crippen LogP contribution >= 0.6 is 0 Å².